The number of ether oxygens (including phenoxy) is 3. The number of alkyl halides is 2. The summed E-state index contributed by atoms with van der Waals surface area (Å²) >= 11 is 0. The molecule has 2 aliphatic rings. The van der Waals surface area contributed by atoms with E-state index in [1.807, 2.05) is 6.08 Å². The van der Waals surface area contributed by atoms with Crippen LogP contribution < -0.4 is 14.8 Å². The maximum Gasteiger partial charge on any atom is 0.387 e. The molecule has 0 saturated heterocycles. The predicted molar refractivity (Wildman–Crippen MR) is 118 cm³/mol. The summed E-state index contributed by atoms with van der Waals surface area (Å²) in [6.45, 7) is -2.21. The number of nitrogens with zero attached hydrogens (tertiary/aromatic N) is 2. The smallest absolute Gasteiger partial charge is 0.387 e. The lowest BCUT2D eigenvalue weighted by atomic mass is 10.0. The van der Waals surface area contributed by atoms with Gasteiger partial charge < -0.3 is 19.5 Å². The minimum atomic E-state index is -3.15. The molecular formula is C24H22F3N3O4. The molecule has 2 aromatic heterocycles. The minimum Gasteiger partial charge on any atom is -0.496 e. The van der Waals surface area contributed by atoms with E-state index in [4.69, 9.17) is 9.47 Å². The first-order valence-corrected chi connectivity index (χ1v) is 10.9. The largest absolute Gasteiger partial charge is 0.496 e. The molecule has 0 radical (unpaired) electrons. The van der Waals surface area contributed by atoms with E-state index in [1.165, 1.54) is 36.0 Å². The molecular weight excluding hydrogens is 451 g/mol. The van der Waals surface area contributed by atoms with Crippen LogP contribution in [-0.4, -0.2) is 48.3 Å². The number of hydrogen-bond donors (Lipinski definition) is 1. The number of aromatic nitrogens is 2. The van der Waals surface area contributed by atoms with E-state index >= 15 is 4.39 Å². The van der Waals surface area contributed by atoms with Gasteiger partial charge in [-0.15, -0.1) is 0 Å². The number of carbonyl (C=O) groups excluding carboxylic acids is 1. The van der Waals surface area contributed by atoms with Gasteiger partial charge in [-0.3, -0.25) is 9.20 Å². The predicted octanol–water partition coefficient (Wildman–Crippen LogP) is 4.45. The molecule has 0 spiro atoms. The lowest BCUT2D eigenvalue weighted by Crippen LogP contribution is -2.26. The first kappa shape index (κ1) is 22.3. The van der Waals surface area contributed by atoms with E-state index in [-0.39, 0.29) is 23.1 Å². The van der Waals surface area contributed by atoms with E-state index in [1.54, 1.807) is 6.07 Å². The fourth-order valence-electron chi connectivity index (χ4n) is 4.03. The number of pyridine rings is 1. The van der Waals surface area contributed by atoms with Crippen LogP contribution in [0.15, 0.2) is 36.7 Å². The second kappa shape index (κ2) is 9.02. The van der Waals surface area contributed by atoms with Crippen molar-refractivity contribution in [1.82, 2.24) is 14.7 Å². The van der Waals surface area contributed by atoms with E-state index in [0.717, 1.165) is 18.4 Å². The lowest BCUT2D eigenvalue weighted by Gasteiger charge is -2.17. The quantitative estimate of drug-likeness (QED) is 0.549. The molecule has 34 heavy (non-hydrogen) atoms. The number of imidazole rings is 1. The van der Waals surface area contributed by atoms with Gasteiger partial charge in [-0.25, -0.2) is 9.37 Å². The molecule has 0 bridgehead atoms. The average molecular weight is 473 g/mol. The van der Waals surface area contributed by atoms with Crippen molar-refractivity contribution in [2.45, 2.75) is 31.9 Å². The van der Waals surface area contributed by atoms with Crippen LogP contribution in [0, 0.1) is 5.82 Å². The molecule has 1 amide bonds. The highest BCUT2D eigenvalue weighted by molar-refractivity contribution is 6.01. The van der Waals surface area contributed by atoms with Crippen molar-refractivity contribution in [3.05, 3.63) is 53.6 Å². The van der Waals surface area contributed by atoms with Gasteiger partial charge >= 0.3 is 6.61 Å². The lowest BCUT2D eigenvalue weighted by molar-refractivity contribution is -0.0502. The molecule has 0 unspecified atom stereocenters. The molecule has 1 saturated carbocycles. The molecule has 3 heterocycles. The van der Waals surface area contributed by atoms with E-state index in [9.17, 15) is 13.6 Å². The molecule has 0 atom stereocenters. The van der Waals surface area contributed by atoms with Gasteiger partial charge in [0.2, 0.25) is 0 Å². The van der Waals surface area contributed by atoms with Gasteiger partial charge in [-0.2, -0.15) is 8.78 Å². The van der Waals surface area contributed by atoms with Gasteiger partial charge in [0.25, 0.3) is 5.91 Å². The van der Waals surface area contributed by atoms with E-state index in [2.05, 4.69) is 15.0 Å². The van der Waals surface area contributed by atoms with Crippen LogP contribution in [0.2, 0.25) is 0 Å². The van der Waals surface area contributed by atoms with E-state index < -0.39 is 18.3 Å². The first-order valence-electron chi connectivity index (χ1n) is 10.9. The van der Waals surface area contributed by atoms with Crippen molar-refractivity contribution in [2.24, 2.45) is 0 Å². The molecule has 1 N–H and O–H groups in total. The van der Waals surface area contributed by atoms with Crippen LogP contribution >= 0.6 is 0 Å². The molecule has 10 heteroatoms. The van der Waals surface area contributed by atoms with Gasteiger partial charge in [-0.1, -0.05) is 6.08 Å². The monoisotopic (exact) mass is 473 g/mol. The van der Waals surface area contributed by atoms with Crippen molar-refractivity contribution >= 4 is 17.1 Å². The van der Waals surface area contributed by atoms with Crippen LogP contribution in [0.3, 0.4) is 0 Å². The van der Waals surface area contributed by atoms with Gasteiger partial charge in [0.15, 0.2) is 0 Å². The van der Waals surface area contributed by atoms with Crippen molar-refractivity contribution in [3.8, 4) is 22.8 Å². The summed E-state index contributed by atoms with van der Waals surface area (Å²) in [5, 5.41) is 2.76. The molecule has 5 rings (SSSR count). The Labute approximate surface area is 193 Å². The maximum atomic E-state index is 15.0. The standard InChI is InChI=1S/C24H22F3N3O4/c1-32-19-8-14(9-20(34-24(26)27)22(19)23(31)29-15-2-3-15)18-11-28-21-10-16(17(25)12-30(18)21)13-4-6-33-7-5-13/h4,8-12,15,24H,2-3,5-7H2,1H3,(H,29,31). The number of benzene rings is 1. The molecule has 1 aliphatic heterocycles. The third-order valence-electron chi connectivity index (χ3n) is 5.85. The van der Waals surface area contributed by atoms with Crippen molar-refractivity contribution < 1.29 is 32.2 Å². The minimum absolute atomic E-state index is 0.0121. The molecule has 3 aromatic rings. The Balaban J connectivity index is 1.60. The van der Waals surface area contributed by atoms with Crippen molar-refractivity contribution in [3.63, 3.8) is 0 Å². The topological polar surface area (TPSA) is 74.1 Å². The molecule has 7 nitrogen and oxygen atoms in total. The average Bonchev–Trinajstić information content (AvgIpc) is 3.54. The van der Waals surface area contributed by atoms with Crippen LogP contribution in [-0.2, 0) is 4.74 Å². The fraction of sp³-hybridized carbons (Fsp3) is 0.333. The summed E-state index contributed by atoms with van der Waals surface area (Å²) in [7, 11) is 1.33. The number of carbonyl (C=O) groups is 1. The van der Waals surface area contributed by atoms with E-state index in [0.29, 0.717) is 42.1 Å². The Morgan fingerprint density at radius 2 is 2.06 bits per heavy atom. The highest BCUT2D eigenvalue weighted by Gasteiger charge is 2.29. The van der Waals surface area contributed by atoms with Crippen molar-refractivity contribution in [2.75, 3.05) is 20.3 Å². The third-order valence-corrected chi connectivity index (χ3v) is 5.85. The third kappa shape index (κ3) is 4.33. The van der Waals surface area contributed by atoms with Crippen LogP contribution in [0.25, 0.3) is 22.5 Å². The Bertz CT molecular complexity index is 1280. The number of halogens is 3. The highest BCUT2D eigenvalue weighted by Crippen LogP contribution is 2.37. The Morgan fingerprint density at radius 3 is 2.74 bits per heavy atom. The number of nitrogens with one attached hydrogen (secondary N) is 1. The zero-order chi connectivity index (χ0) is 23.8. The Morgan fingerprint density at radius 1 is 1.26 bits per heavy atom. The van der Waals surface area contributed by atoms with Crippen LogP contribution in [0.5, 0.6) is 11.5 Å². The molecule has 1 fully saturated rings. The summed E-state index contributed by atoms with van der Waals surface area (Å²) in [4.78, 5) is 17.1. The Hall–Kier alpha value is -3.53. The summed E-state index contributed by atoms with van der Waals surface area (Å²) in [6.07, 6.45) is 6.90. The van der Waals surface area contributed by atoms with Gasteiger partial charge in [0.05, 0.1) is 32.2 Å². The second-order valence-corrected chi connectivity index (χ2v) is 8.14. The summed E-state index contributed by atoms with van der Waals surface area (Å²) in [5.41, 5.74) is 2.45. The molecule has 1 aromatic carbocycles. The fourth-order valence-corrected chi connectivity index (χ4v) is 4.03. The van der Waals surface area contributed by atoms with Gasteiger partial charge in [0, 0.05) is 23.4 Å². The normalized spacial score (nSPS) is 16.0. The van der Waals surface area contributed by atoms with Crippen LogP contribution in [0.1, 0.15) is 35.2 Å². The second-order valence-electron chi connectivity index (χ2n) is 8.14. The first-order chi connectivity index (χ1) is 16.4. The Kier molecular flexibility index (Phi) is 5.91. The van der Waals surface area contributed by atoms with Crippen LogP contribution in [0.4, 0.5) is 13.2 Å². The van der Waals surface area contributed by atoms with Gasteiger partial charge in [0.1, 0.15) is 28.5 Å². The van der Waals surface area contributed by atoms with Crippen molar-refractivity contribution in [1.29, 1.82) is 0 Å². The maximum absolute atomic E-state index is 15.0. The summed E-state index contributed by atoms with van der Waals surface area (Å²) < 4.78 is 58.3. The number of rotatable bonds is 7. The number of hydrogen-bond acceptors (Lipinski definition) is 5. The SMILES string of the molecule is COc1cc(-c2cnc3cc(C4=CCOCC4)c(F)cn23)cc(OC(F)F)c1C(=O)NC1CC1. The molecule has 1 aliphatic carbocycles. The summed E-state index contributed by atoms with van der Waals surface area (Å²) in [5.74, 6) is -1.27. The number of fused-ring (bicyclic) bond motifs is 1. The summed E-state index contributed by atoms with van der Waals surface area (Å²) in [6, 6.07) is 4.49. The number of methoxy groups -OCH3 is 1. The zero-order valence-electron chi connectivity index (χ0n) is 18.3. The number of amides is 1. The van der Waals surface area contributed by atoms with Gasteiger partial charge in [-0.05, 0) is 43.0 Å². The highest BCUT2D eigenvalue weighted by atomic mass is 19.3. The zero-order valence-corrected chi connectivity index (χ0v) is 18.3. The molecule has 178 valence electrons.